The lowest BCUT2D eigenvalue weighted by Gasteiger charge is -2.19. The lowest BCUT2D eigenvalue weighted by atomic mass is 10.2. The first-order chi connectivity index (χ1) is 11.9. The molecular formula is C16H17BrN4O3S. The number of hydrogen-bond donors (Lipinski definition) is 1. The molecule has 0 unspecified atom stereocenters. The highest BCUT2D eigenvalue weighted by molar-refractivity contribution is 9.10. The molecular weight excluding hydrogens is 408 g/mol. The number of anilines is 2. The SMILES string of the molecule is CS(=O)(=O)c1ccc(Br)c(C(=O)Nc2cncnc2N2CCCC2)c1. The van der Waals surface area contributed by atoms with Gasteiger partial charge in [-0.3, -0.25) is 4.79 Å². The summed E-state index contributed by atoms with van der Waals surface area (Å²) in [7, 11) is -3.40. The zero-order valence-corrected chi connectivity index (χ0v) is 16.0. The minimum atomic E-state index is -3.40. The highest BCUT2D eigenvalue weighted by Gasteiger charge is 2.20. The molecule has 0 spiro atoms. The van der Waals surface area contributed by atoms with Crippen LogP contribution < -0.4 is 10.2 Å². The van der Waals surface area contributed by atoms with Crippen molar-refractivity contribution in [1.29, 1.82) is 0 Å². The molecule has 1 aromatic heterocycles. The highest BCUT2D eigenvalue weighted by atomic mass is 79.9. The standard InChI is InChI=1S/C16H17BrN4O3S/c1-25(23,24)11-4-5-13(17)12(8-11)16(22)20-14-9-18-10-19-15(14)21-6-2-3-7-21/h4-5,8-10H,2-3,6-7H2,1H3,(H,20,22). The molecule has 3 rings (SSSR count). The van der Waals surface area contributed by atoms with Gasteiger partial charge >= 0.3 is 0 Å². The van der Waals surface area contributed by atoms with Crippen LogP contribution >= 0.6 is 15.9 Å². The van der Waals surface area contributed by atoms with Crippen LogP contribution in [0.2, 0.25) is 0 Å². The van der Waals surface area contributed by atoms with Gasteiger partial charge in [-0.05, 0) is 47.0 Å². The lowest BCUT2D eigenvalue weighted by molar-refractivity contribution is 0.102. The minimum Gasteiger partial charge on any atom is -0.355 e. The quantitative estimate of drug-likeness (QED) is 0.810. The van der Waals surface area contributed by atoms with Crippen molar-refractivity contribution in [2.75, 3.05) is 29.6 Å². The molecule has 1 aliphatic rings. The molecule has 9 heteroatoms. The van der Waals surface area contributed by atoms with Crippen LogP contribution in [-0.4, -0.2) is 43.6 Å². The number of sulfone groups is 1. The van der Waals surface area contributed by atoms with E-state index in [2.05, 4.69) is 36.1 Å². The third kappa shape index (κ3) is 3.98. The van der Waals surface area contributed by atoms with E-state index in [1.165, 1.54) is 18.5 Å². The number of halogens is 1. The molecule has 1 aliphatic heterocycles. The van der Waals surface area contributed by atoms with E-state index in [0.29, 0.717) is 16.0 Å². The molecule has 0 bridgehead atoms. The van der Waals surface area contributed by atoms with Crippen LogP contribution in [0.25, 0.3) is 0 Å². The van der Waals surface area contributed by atoms with Crippen LogP contribution in [0.4, 0.5) is 11.5 Å². The number of nitrogens with zero attached hydrogens (tertiary/aromatic N) is 3. The zero-order valence-electron chi connectivity index (χ0n) is 13.6. The van der Waals surface area contributed by atoms with E-state index < -0.39 is 15.7 Å². The molecule has 1 N–H and O–H groups in total. The second-order valence-electron chi connectivity index (χ2n) is 5.82. The first-order valence-corrected chi connectivity index (χ1v) is 10.4. The molecule has 2 heterocycles. The second-order valence-corrected chi connectivity index (χ2v) is 8.69. The van der Waals surface area contributed by atoms with Crippen molar-refractivity contribution in [2.45, 2.75) is 17.7 Å². The van der Waals surface area contributed by atoms with Gasteiger partial charge in [0.1, 0.15) is 12.0 Å². The fraction of sp³-hybridized carbons (Fsp3) is 0.312. The van der Waals surface area contributed by atoms with Crippen LogP contribution in [0, 0.1) is 0 Å². The van der Waals surface area contributed by atoms with Crippen molar-refractivity contribution in [3.8, 4) is 0 Å². The molecule has 1 fully saturated rings. The van der Waals surface area contributed by atoms with Gasteiger partial charge in [-0.2, -0.15) is 0 Å². The molecule has 132 valence electrons. The third-order valence-electron chi connectivity index (χ3n) is 3.96. The van der Waals surface area contributed by atoms with E-state index in [-0.39, 0.29) is 10.5 Å². The van der Waals surface area contributed by atoms with Gasteiger partial charge in [0.25, 0.3) is 5.91 Å². The second kappa shape index (κ2) is 7.09. The summed E-state index contributed by atoms with van der Waals surface area (Å²) in [5.41, 5.74) is 0.741. The van der Waals surface area contributed by atoms with Crippen molar-refractivity contribution in [2.24, 2.45) is 0 Å². The van der Waals surface area contributed by atoms with Crippen molar-refractivity contribution in [1.82, 2.24) is 9.97 Å². The summed E-state index contributed by atoms with van der Waals surface area (Å²) in [5, 5.41) is 2.79. The highest BCUT2D eigenvalue weighted by Crippen LogP contribution is 2.27. The summed E-state index contributed by atoms with van der Waals surface area (Å²) in [6, 6.07) is 4.36. The predicted molar refractivity (Wildman–Crippen MR) is 98.7 cm³/mol. The Labute approximate surface area is 154 Å². The molecule has 2 aromatic rings. The average molecular weight is 425 g/mol. The molecule has 7 nitrogen and oxygen atoms in total. The Morgan fingerprint density at radius 2 is 2.00 bits per heavy atom. The van der Waals surface area contributed by atoms with Gasteiger partial charge in [0.05, 0.1) is 16.7 Å². The Kier molecular flexibility index (Phi) is 5.05. The normalized spacial score (nSPS) is 14.6. The van der Waals surface area contributed by atoms with Gasteiger partial charge in [-0.25, -0.2) is 18.4 Å². The number of rotatable bonds is 4. The number of aromatic nitrogens is 2. The van der Waals surface area contributed by atoms with Gasteiger partial charge in [0, 0.05) is 23.8 Å². The molecule has 1 saturated heterocycles. The van der Waals surface area contributed by atoms with Crippen molar-refractivity contribution in [3.05, 3.63) is 40.8 Å². The molecule has 0 saturated carbocycles. The number of nitrogens with one attached hydrogen (secondary N) is 1. The molecule has 1 aromatic carbocycles. The van der Waals surface area contributed by atoms with Crippen molar-refractivity contribution in [3.63, 3.8) is 0 Å². The Bertz CT molecular complexity index is 911. The first kappa shape index (κ1) is 17.8. The number of amides is 1. The summed E-state index contributed by atoms with van der Waals surface area (Å²) in [5.74, 6) is 0.254. The van der Waals surface area contributed by atoms with E-state index in [9.17, 15) is 13.2 Å². The Balaban J connectivity index is 1.91. The lowest BCUT2D eigenvalue weighted by Crippen LogP contribution is -2.22. The summed E-state index contributed by atoms with van der Waals surface area (Å²) >= 11 is 3.30. The van der Waals surface area contributed by atoms with Crippen LogP contribution in [0.15, 0.2) is 40.1 Å². The van der Waals surface area contributed by atoms with E-state index >= 15 is 0 Å². The zero-order chi connectivity index (χ0) is 18.0. The minimum absolute atomic E-state index is 0.0879. The van der Waals surface area contributed by atoms with Gasteiger partial charge < -0.3 is 10.2 Å². The summed E-state index contributed by atoms with van der Waals surface area (Å²) in [6.45, 7) is 1.76. The Morgan fingerprint density at radius 1 is 1.28 bits per heavy atom. The van der Waals surface area contributed by atoms with Gasteiger partial charge in [0.15, 0.2) is 15.7 Å². The largest absolute Gasteiger partial charge is 0.355 e. The van der Waals surface area contributed by atoms with Crippen LogP contribution in [0.5, 0.6) is 0 Å². The predicted octanol–water partition coefficient (Wildman–Crippen LogP) is 2.50. The van der Waals surface area contributed by atoms with Crippen molar-refractivity contribution >= 4 is 43.2 Å². The summed E-state index contributed by atoms with van der Waals surface area (Å²) < 4.78 is 24.0. The number of benzene rings is 1. The first-order valence-electron chi connectivity index (χ1n) is 7.72. The summed E-state index contributed by atoms with van der Waals surface area (Å²) in [6.07, 6.45) is 6.27. The van der Waals surface area contributed by atoms with Crippen LogP contribution in [0.1, 0.15) is 23.2 Å². The van der Waals surface area contributed by atoms with Crippen LogP contribution in [0.3, 0.4) is 0 Å². The maximum absolute atomic E-state index is 12.7. The monoisotopic (exact) mass is 424 g/mol. The maximum Gasteiger partial charge on any atom is 0.256 e. The molecule has 25 heavy (non-hydrogen) atoms. The Morgan fingerprint density at radius 3 is 2.68 bits per heavy atom. The fourth-order valence-electron chi connectivity index (χ4n) is 2.69. The smallest absolute Gasteiger partial charge is 0.256 e. The summed E-state index contributed by atoms with van der Waals surface area (Å²) in [4.78, 5) is 23.1. The topological polar surface area (TPSA) is 92.3 Å². The fourth-order valence-corrected chi connectivity index (χ4v) is 3.76. The van der Waals surface area contributed by atoms with Crippen molar-refractivity contribution < 1.29 is 13.2 Å². The maximum atomic E-state index is 12.7. The molecule has 0 aliphatic carbocycles. The molecule has 0 atom stereocenters. The van der Waals surface area contributed by atoms with E-state index in [1.54, 1.807) is 12.3 Å². The van der Waals surface area contributed by atoms with E-state index in [0.717, 1.165) is 32.2 Å². The number of carbonyl (C=O) groups excluding carboxylic acids is 1. The number of hydrogen-bond acceptors (Lipinski definition) is 6. The molecule has 0 radical (unpaired) electrons. The van der Waals surface area contributed by atoms with E-state index in [4.69, 9.17) is 0 Å². The average Bonchev–Trinajstić information content (AvgIpc) is 3.09. The van der Waals surface area contributed by atoms with E-state index in [1.807, 2.05) is 0 Å². The van der Waals surface area contributed by atoms with Gasteiger partial charge in [-0.15, -0.1) is 0 Å². The Hall–Kier alpha value is -2.00. The molecule has 1 amide bonds. The number of carbonyl (C=O) groups is 1. The van der Waals surface area contributed by atoms with Gasteiger partial charge in [-0.1, -0.05) is 0 Å². The van der Waals surface area contributed by atoms with Crippen LogP contribution in [-0.2, 0) is 9.84 Å². The van der Waals surface area contributed by atoms with Gasteiger partial charge in [0.2, 0.25) is 0 Å². The third-order valence-corrected chi connectivity index (χ3v) is 5.76.